The summed E-state index contributed by atoms with van der Waals surface area (Å²) >= 11 is 0. The molecule has 0 spiro atoms. The molecule has 0 amide bonds. The lowest BCUT2D eigenvalue weighted by molar-refractivity contribution is 0.291. The van der Waals surface area contributed by atoms with Crippen LogP contribution >= 0.6 is 0 Å². The molecule has 1 aromatic carbocycles. The number of phenols is 2. The molecule has 0 saturated heterocycles. The van der Waals surface area contributed by atoms with E-state index in [1.165, 1.54) is 12.1 Å². The van der Waals surface area contributed by atoms with Gasteiger partial charge >= 0.3 is 0 Å². The number of rotatable bonds is 3. The highest BCUT2D eigenvalue weighted by Crippen LogP contribution is 2.30. The minimum absolute atomic E-state index is 0.195. The second kappa shape index (κ2) is 4.30. The van der Waals surface area contributed by atoms with Crippen LogP contribution in [-0.2, 0) is 5.54 Å². The van der Waals surface area contributed by atoms with Crippen molar-refractivity contribution in [1.29, 1.82) is 0 Å². The first-order chi connectivity index (χ1) is 8.44. The normalized spacial score (nSPS) is 14.4. The van der Waals surface area contributed by atoms with Crippen molar-refractivity contribution < 1.29 is 14.7 Å². The third kappa shape index (κ3) is 2.14. The van der Waals surface area contributed by atoms with E-state index in [0.29, 0.717) is 23.7 Å². The van der Waals surface area contributed by atoms with Gasteiger partial charge in [-0.1, -0.05) is 12.1 Å². The summed E-state index contributed by atoms with van der Waals surface area (Å²) in [4.78, 5) is 4.20. The molecule has 1 heterocycles. The number of phenolic OH excluding ortho intramolecular Hbond substituents is 2. The first-order valence-corrected chi connectivity index (χ1v) is 5.59. The Kier molecular flexibility index (Phi) is 2.96. The van der Waals surface area contributed by atoms with Gasteiger partial charge in [0.25, 0.3) is 0 Å². The molecule has 0 aliphatic carbocycles. The number of nitrogens with zero attached hydrogens (tertiary/aromatic N) is 2. The maximum absolute atomic E-state index is 9.41. The fraction of sp³-hybridized carbons (Fsp3) is 0.333. The van der Waals surface area contributed by atoms with Crippen LogP contribution in [0.15, 0.2) is 22.7 Å². The van der Waals surface area contributed by atoms with Crippen LogP contribution in [0.4, 0.5) is 0 Å². The van der Waals surface area contributed by atoms with Crippen LogP contribution in [0, 0.1) is 0 Å². The quantitative estimate of drug-likeness (QED) is 0.715. The lowest BCUT2D eigenvalue weighted by atomic mass is 10.0. The summed E-state index contributed by atoms with van der Waals surface area (Å²) in [6.07, 6.45) is 0.662. The topological polar surface area (TPSA) is 105 Å². The van der Waals surface area contributed by atoms with E-state index in [0.717, 1.165) is 0 Å². The second-order valence-corrected chi connectivity index (χ2v) is 4.40. The van der Waals surface area contributed by atoms with Gasteiger partial charge in [0.2, 0.25) is 11.7 Å². The largest absolute Gasteiger partial charge is 0.504 e. The van der Waals surface area contributed by atoms with E-state index in [1.807, 2.05) is 6.92 Å². The number of aromatic nitrogens is 2. The fourth-order valence-corrected chi connectivity index (χ4v) is 1.39. The first-order valence-electron chi connectivity index (χ1n) is 5.59. The number of hydrogen-bond acceptors (Lipinski definition) is 6. The van der Waals surface area contributed by atoms with E-state index in [2.05, 4.69) is 10.1 Å². The van der Waals surface area contributed by atoms with Crippen LogP contribution < -0.4 is 5.73 Å². The van der Waals surface area contributed by atoms with E-state index in [1.54, 1.807) is 13.0 Å². The van der Waals surface area contributed by atoms with Crippen molar-refractivity contribution in [2.24, 2.45) is 5.73 Å². The van der Waals surface area contributed by atoms with Crippen molar-refractivity contribution in [3.05, 3.63) is 24.1 Å². The zero-order chi connectivity index (χ0) is 13.3. The van der Waals surface area contributed by atoms with Crippen molar-refractivity contribution >= 4 is 0 Å². The summed E-state index contributed by atoms with van der Waals surface area (Å²) < 4.78 is 5.11. The maximum atomic E-state index is 9.41. The number of nitrogens with two attached hydrogens (primary N) is 1. The summed E-state index contributed by atoms with van der Waals surface area (Å²) in [5.74, 6) is 0.238. The predicted molar refractivity (Wildman–Crippen MR) is 64.9 cm³/mol. The van der Waals surface area contributed by atoms with Crippen molar-refractivity contribution in [2.45, 2.75) is 25.8 Å². The van der Waals surface area contributed by atoms with E-state index >= 15 is 0 Å². The van der Waals surface area contributed by atoms with E-state index in [-0.39, 0.29) is 11.5 Å². The molecule has 0 saturated carbocycles. The molecule has 0 fully saturated rings. The summed E-state index contributed by atoms with van der Waals surface area (Å²) in [6.45, 7) is 3.73. The SMILES string of the molecule is CCC(C)(N)c1nc(-c2ccc(O)c(O)c2)no1. The van der Waals surface area contributed by atoms with Gasteiger partial charge in [-0.3, -0.25) is 0 Å². The van der Waals surface area contributed by atoms with Gasteiger partial charge in [0, 0.05) is 5.56 Å². The molecule has 0 bridgehead atoms. The van der Waals surface area contributed by atoms with Crippen LogP contribution in [0.25, 0.3) is 11.4 Å². The number of benzene rings is 1. The molecular formula is C12H15N3O3. The highest BCUT2D eigenvalue weighted by molar-refractivity contribution is 5.59. The molecule has 18 heavy (non-hydrogen) atoms. The smallest absolute Gasteiger partial charge is 0.246 e. The minimum atomic E-state index is -0.676. The van der Waals surface area contributed by atoms with Gasteiger partial charge in [0.15, 0.2) is 11.5 Å². The van der Waals surface area contributed by atoms with Crippen molar-refractivity contribution in [3.8, 4) is 22.9 Å². The van der Waals surface area contributed by atoms with Gasteiger partial charge in [-0.25, -0.2) is 0 Å². The third-order valence-electron chi connectivity index (χ3n) is 2.88. The Balaban J connectivity index is 2.38. The summed E-state index contributed by atoms with van der Waals surface area (Å²) in [7, 11) is 0. The van der Waals surface area contributed by atoms with Crippen molar-refractivity contribution in [1.82, 2.24) is 10.1 Å². The molecule has 1 atom stereocenters. The van der Waals surface area contributed by atoms with Gasteiger partial charge in [0.05, 0.1) is 5.54 Å². The highest BCUT2D eigenvalue weighted by atomic mass is 16.5. The van der Waals surface area contributed by atoms with Crippen LogP contribution in [0.2, 0.25) is 0 Å². The van der Waals surface area contributed by atoms with Gasteiger partial charge in [-0.2, -0.15) is 4.98 Å². The summed E-state index contributed by atoms with van der Waals surface area (Å²) in [5.41, 5.74) is 5.87. The molecule has 1 aromatic heterocycles. The Labute approximate surface area is 104 Å². The molecule has 4 N–H and O–H groups in total. The van der Waals surface area contributed by atoms with Gasteiger partial charge in [-0.15, -0.1) is 0 Å². The summed E-state index contributed by atoms with van der Waals surface area (Å²) in [6, 6.07) is 4.31. The molecule has 2 rings (SSSR count). The standard InChI is InChI=1S/C12H15N3O3/c1-3-12(2,13)11-14-10(15-18-11)7-4-5-8(16)9(17)6-7/h4-6,16-17H,3,13H2,1-2H3. The van der Waals surface area contributed by atoms with Crippen LogP contribution in [0.3, 0.4) is 0 Å². The van der Waals surface area contributed by atoms with Crippen molar-refractivity contribution in [2.75, 3.05) is 0 Å². The lowest BCUT2D eigenvalue weighted by Crippen LogP contribution is -2.32. The molecule has 6 heteroatoms. The Hall–Kier alpha value is -2.08. The maximum Gasteiger partial charge on any atom is 0.246 e. The predicted octanol–water partition coefficient (Wildman–Crippen LogP) is 1.73. The Bertz CT molecular complexity index is 563. The molecule has 0 aliphatic heterocycles. The molecule has 1 unspecified atom stereocenters. The number of aromatic hydroxyl groups is 2. The zero-order valence-electron chi connectivity index (χ0n) is 10.2. The van der Waals surface area contributed by atoms with Gasteiger partial charge in [-0.05, 0) is 31.5 Å². The average Bonchev–Trinajstić information content (AvgIpc) is 2.83. The third-order valence-corrected chi connectivity index (χ3v) is 2.88. The van der Waals surface area contributed by atoms with E-state index in [9.17, 15) is 10.2 Å². The Morgan fingerprint density at radius 3 is 2.67 bits per heavy atom. The van der Waals surface area contributed by atoms with Crippen molar-refractivity contribution in [3.63, 3.8) is 0 Å². The molecule has 0 radical (unpaired) electrons. The molecule has 6 nitrogen and oxygen atoms in total. The lowest BCUT2D eigenvalue weighted by Gasteiger charge is -2.16. The highest BCUT2D eigenvalue weighted by Gasteiger charge is 2.26. The van der Waals surface area contributed by atoms with Gasteiger partial charge in [0.1, 0.15) is 0 Å². The Morgan fingerprint density at radius 2 is 2.06 bits per heavy atom. The number of hydrogen-bond donors (Lipinski definition) is 3. The Morgan fingerprint density at radius 1 is 1.33 bits per heavy atom. The monoisotopic (exact) mass is 249 g/mol. The van der Waals surface area contributed by atoms with Crippen LogP contribution in [0.1, 0.15) is 26.2 Å². The molecule has 96 valence electrons. The minimum Gasteiger partial charge on any atom is -0.504 e. The van der Waals surface area contributed by atoms with Crippen LogP contribution in [-0.4, -0.2) is 20.4 Å². The summed E-state index contributed by atoms with van der Waals surface area (Å²) in [5, 5.41) is 22.5. The average molecular weight is 249 g/mol. The first kappa shape index (κ1) is 12.4. The fourth-order valence-electron chi connectivity index (χ4n) is 1.39. The second-order valence-electron chi connectivity index (χ2n) is 4.40. The molecular weight excluding hydrogens is 234 g/mol. The van der Waals surface area contributed by atoms with E-state index < -0.39 is 5.54 Å². The molecule has 0 aliphatic rings. The zero-order valence-corrected chi connectivity index (χ0v) is 10.2. The molecule has 2 aromatic rings. The van der Waals surface area contributed by atoms with Gasteiger partial charge < -0.3 is 20.5 Å². The van der Waals surface area contributed by atoms with Crippen LogP contribution in [0.5, 0.6) is 11.5 Å². The van der Waals surface area contributed by atoms with E-state index in [4.69, 9.17) is 10.3 Å².